The van der Waals surface area contributed by atoms with Crippen LogP contribution in [-0.4, -0.2) is 17.6 Å². The lowest BCUT2D eigenvalue weighted by atomic mass is 10.1. The third-order valence-corrected chi connectivity index (χ3v) is 2.79. The van der Waals surface area contributed by atoms with Crippen molar-refractivity contribution in [2.24, 2.45) is 7.05 Å². The number of nitrogens with zero attached hydrogens (tertiary/aromatic N) is 1. The number of hydrogen-bond acceptors (Lipinski definition) is 2. The molecule has 0 saturated carbocycles. The van der Waals surface area contributed by atoms with E-state index in [0.717, 1.165) is 11.1 Å². The van der Waals surface area contributed by atoms with E-state index in [-0.39, 0.29) is 5.97 Å². The molecule has 4 heteroatoms. The largest absolute Gasteiger partial charge is 0.464 e. The van der Waals surface area contributed by atoms with Crippen LogP contribution in [0.1, 0.15) is 10.5 Å². The number of hydrogen-bond donors (Lipinski definition) is 0. The van der Waals surface area contributed by atoms with Gasteiger partial charge in [0.05, 0.1) is 7.11 Å². The van der Waals surface area contributed by atoms with Crippen molar-refractivity contribution in [3.05, 3.63) is 47.2 Å². The van der Waals surface area contributed by atoms with Crippen molar-refractivity contribution in [3.63, 3.8) is 0 Å². The van der Waals surface area contributed by atoms with Crippen molar-refractivity contribution < 1.29 is 9.53 Å². The first-order chi connectivity index (χ1) is 8.11. The lowest BCUT2D eigenvalue weighted by Gasteiger charge is -1.98. The number of rotatable bonds is 2. The Hall–Kier alpha value is -1.74. The van der Waals surface area contributed by atoms with Gasteiger partial charge in [-0.3, -0.25) is 0 Å². The second-order valence-corrected chi connectivity index (χ2v) is 4.16. The second kappa shape index (κ2) is 4.63. The number of esters is 1. The highest BCUT2D eigenvalue weighted by molar-refractivity contribution is 6.30. The Bertz CT molecular complexity index is 560. The molecule has 0 fully saturated rings. The van der Waals surface area contributed by atoms with E-state index in [9.17, 15) is 4.79 Å². The highest BCUT2D eigenvalue weighted by Gasteiger charge is 2.12. The van der Waals surface area contributed by atoms with Crippen molar-refractivity contribution in [2.45, 2.75) is 0 Å². The number of methoxy groups -OCH3 is 1. The molecule has 1 aromatic heterocycles. The van der Waals surface area contributed by atoms with Gasteiger partial charge in [0.25, 0.3) is 0 Å². The summed E-state index contributed by atoms with van der Waals surface area (Å²) in [5.41, 5.74) is 2.43. The Morgan fingerprint density at radius 2 is 2.06 bits per heavy atom. The number of carbonyl (C=O) groups excluding carboxylic acids is 1. The summed E-state index contributed by atoms with van der Waals surface area (Å²) in [5, 5.41) is 0.672. The number of aromatic nitrogens is 1. The monoisotopic (exact) mass is 249 g/mol. The van der Waals surface area contributed by atoms with E-state index >= 15 is 0 Å². The van der Waals surface area contributed by atoms with Gasteiger partial charge in [-0.05, 0) is 23.8 Å². The number of carbonyl (C=O) groups is 1. The molecule has 0 atom stereocenters. The van der Waals surface area contributed by atoms with E-state index in [0.29, 0.717) is 10.7 Å². The minimum Gasteiger partial charge on any atom is -0.464 e. The number of benzene rings is 1. The van der Waals surface area contributed by atoms with E-state index in [4.69, 9.17) is 16.3 Å². The van der Waals surface area contributed by atoms with Gasteiger partial charge in [-0.2, -0.15) is 0 Å². The molecule has 2 rings (SSSR count). The summed E-state index contributed by atoms with van der Waals surface area (Å²) in [5.74, 6) is -0.347. The van der Waals surface area contributed by atoms with Gasteiger partial charge < -0.3 is 9.30 Å². The first kappa shape index (κ1) is 11.7. The molecular weight excluding hydrogens is 238 g/mol. The zero-order valence-electron chi connectivity index (χ0n) is 9.61. The van der Waals surface area contributed by atoms with Gasteiger partial charge in [-0.25, -0.2) is 4.79 Å². The van der Waals surface area contributed by atoms with Gasteiger partial charge in [0.15, 0.2) is 0 Å². The molecule has 0 aliphatic carbocycles. The van der Waals surface area contributed by atoms with Crippen LogP contribution in [0, 0.1) is 0 Å². The standard InChI is InChI=1S/C13H12ClNO2/c1-15-8-10(7-12(15)13(16)17-2)9-4-3-5-11(14)6-9/h3-8H,1-2H3. The van der Waals surface area contributed by atoms with Crippen LogP contribution in [0.2, 0.25) is 5.02 Å². The van der Waals surface area contributed by atoms with Crippen LogP contribution in [0.3, 0.4) is 0 Å². The molecule has 0 aliphatic rings. The fourth-order valence-corrected chi connectivity index (χ4v) is 1.89. The smallest absolute Gasteiger partial charge is 0.354 e. The first-order valence-corrected chi connectivity index (χ1v) is 5.50. The molecular formula is C13H12ClNO2. The molecule has 0 aliphatic heterocycles. The fraction of sp³-hybridized carbons (Fsp3) is 0.154. The Labute approximate surface area is 105 Å². The summed E-state index contributed by atoms with van der Waals surface area (Å²) in [6.07, 6.45) is 1.87. The number of halogens is 1. The molecule has 1 heterocycles. The molecule has 17 heavy (non-hydrogen) atoms. The maximum absolute atomic E-state index is 11.5. The predicted octanol–water partition coefficient (Wildman–Crippen LogP) is 3.13. The zero-order valence-corrected chi connectivity index (χ0v) is 10.4. The van der Waals surface area contributed by atoms with Crippen molar-refractivity contribution in [3.8, 4) is 11.1 Å². The summed E-state index contributed by atoms with van der Waals surface area (Å²) in [7, 11) is 3.18. The Kier molecular flexibility index (Phi) is 3.20. The lowest BCUT2D eigenvalue weighted by Crippen LogP contribution is -2.06. The normalized spacial score (nSPS) is 10.3. The van der Waals surface area contributed by atoms with Gasteiger partial charge in [-0.15, -0.1) is 0 Å². The van der Waals surface area contributed by atoms with Crippen molar-refractivity contribution in [2.75, 3.05) is 7.11 Å². The van der Waals surface area contributed by atoms with Crippen LogP contribution in [0.15, 0.2) is 36.5 Å². The first-order valence-electron chi connectivity index (χ1n) is 5.12. The molecule has 3 nitrogen and oxygen atoms in total. The Morgan fingerprint density at radius 1 is 1.29 bits per heavy atom. The SMILES string of the molecule is COC(=O)c1cc(-c2cccc(Cl)c2)cn1C. The van der Waals surface area contributed by atoms with Crippen LogP contribution in [0.5, 0.6) is 0 Å². The maximum Gasteiger partial charge on any atom is 0.354 e. The van der Waals surface area contributed by atoms with Crippen LogP contribution in [0.4, 0.5) is 0 Å². The highest BCUT2D eigenvalue weighted by atomic mass is 35.5. The van der Waals surface area contributed by atoms with Gasteiger partial charge in [0.1, 0.15) is 5.69 Å². The van der Waals surface area contributed by atoms with Gasteiger partial charge >= 0.3 is 5.97 Å². The molecule has 1 aromatic carbocycles. The van der Waals surface area contributed by atoms with E-state index in [1.165, 1.54) is 7.11 Å². The van der Waals surface area contributed by atoms with Gasteiger partial charge in [0.2, 0.25) is 0 Å². The molecule has 0 radical (unpaired) electrons. The summed E-state index contributed by atoms with van der Waals surface area (Å²) >= 11 is 5.93. The number of ether oxygens (including phenoxy) is 1. The van der Waals surface area contributed by atoms with Gasteiger partial charge in [0, 0.05) is 23.8 Å². The molecule has 88 valence electrons. The second-order valence-electron chi connectivity index (χ2n) is 3.73. The van der Waals surface area contributed by atoms with E-state index in [2.05, 4.69) is 0 Å². The molecule has 0 spiro atoms. The molecule has 0 bridgehead atoms. The van der Waals surface area contributed by atoms with Crippen LogP contribution < -0.4 is 0 Å². The summed E-state index contributed by atoms with van der Waals surface area (Å²) in [4.78, 5) is 11.5. The minimum absolute atomic E-state index is 0.347. The molecule has 0 unspecified atom stereocenters. The maximum atomic E-state index is 11.5. The Morgan fingerprint density at radius 3 is 2.71 bits per heavy atom. The van der Waals surface area contributed by atoms with E-state index < -0.39 is 0 Å². The number of aryl methyl sites for hydroxylation is 1. The zero-order chi connectivity index (χ0) is 12.4. The van der Waals surface area contributed by atoms with Crippen molar-refractivity contribution >= 4 is 17.6 Å². The van der Waals surface area contributed by atoms with Crippen LogP contribution in [0.25, 0.3) is 11.1 Å². The molecule has 0 amide bonds. The third kappa shape index (κ3) is 2.34. The third-order valence-electron chi connectivity index (χ3n) is 2.56. The predicted molar refractivity (Wildman–Crippen MR) is 67.2 cm³/mol. The van der Waals surface area contributed by atoms with Crippen LogP contribution >= 0.6 is 11.6 Å². The quantitative estimate of drug-likeness (QED) is 0.766. The average Bonchev–Trinajstić information content (AvgIpc) is 2.70. The minimum atomic E-state index is -0.347. The van der Waals surface area contributed by atoms with Crippen molar-refractivity contribution in [1.82, 2.24) is 4.57 Å². The highest BCUT2D eigenvalue weighted by Crippen LogP contribution is 2.24. The van der Waals surface area contributed by atoms with Crippen LogP contribution in [-0.2, 0) is 11.8 Å². The van der Waals surface area contributed by atoms with Crippen molar-refractivity contribution in [1.29, 1.82) is 0 Å². The Balaban J connectivity index is 2.44. The topological polar surface area (TPSA) is 31.2 Å². The summed E-state index contributed by atoms with van der Waals surface area (Å²) in [6.45, 7) is 0. The molecule has 0 saturated heterocycles. The molecule has 2 aromatic rings. The summed E-state index contributed by atoms with van der Waals surface area (Å²) in [6, 6.07) is 9.29. The lowest BCUT2D eigenvalue weighted by molar-refractivity contribution is 0.0590. The molecule has 0 N–H and O–H groups in total. The van der Waals surface area contributed by atoms with E-state index in [1.807, 2.05) is 30.5 Å². The average molecular weight is 250 g/mol. The fourth-order valence-electron chi connectivity index (χ4n) is 1.70. The van der Waals surface area contributed by atoms with E-state index in [1.54, 1.807) is 17.7 Å². The van der Waals surface area contributed by atoms with Gasteiger partial charge in [-0.1, -0.05) is 23.7 Å². The summed E-state index contributed by atoms with van der Waals surface area (Å²) < 4.78 is 6.44.